The van der Waals surface area contributed by atoms with Crippen molar-refractivity contribution in [3.05, 3.63) is 60.2 Å². The third-order valence-electron chi connectivity index (χ3n) is 3.35. The van der Waals surface area contributed by atoms with E-state index in [1.54, 1.807) is 6.26 Å². The number of furan rings is 1. The second kappa shape index (κ2) is 7.70. The van der Waals surface area contributed by atoms with Gasteiger partial charge in [-0.3, -0.25) is 0 Å². The topological polar surface area (TPSA) is 72.2 Å². The smallest absolute Gasteiger partial charge is 0.225 e. The Balaban J connectivity index is 1.67. The predicted octanol–water partition coefficient (Wildman–Crippen LogP) is 4.52. The Morgan fingerprint density at radius 1 is 1.12 bits per heavy atom. The monoisotopic (exact) mass is 338 g/mol. The fourth-order valence-electron chi connectivity index (χ4n) is 2.33. The van der Waals surface area contributed by atoms with E-state index in [0.29, 0.717) is 12.5 Å². The Hall–Kier alpha value is -3.02. The molecular formula is C19H22N4O2. The van der Waals surface area contributed by atoms with Crippen LogP contribution in [0.5, 0.6) is 5.75 Å². The van der Waals surface area contributed by atoms with E-state index in [9.17, 15) is 0 Å². The van der Waals surface area contributed by atoms with Crippen molar-refractivity contribution in [3.63, 3.8) is 0 Å². The van der Waals surface area contributed by atoms with Crippen molar-refractivity contribution in [3.8, 4) is 5.75 Å². The van der Waals surface area contributed by atoms with Gasteiger partial charge in [-0.15, -0.1) is 0 Å². The number of rotatable bonds is 7. The lowest BCUT2D eigenvalue weighted by Gasteiger charge is -2.12. The largest absolute Gasteiger partial charge is 0.491 e. The summed E-state index contributed by atoms with van der Waals surface area (Å²) in [6, 6.07) is 13.5. The molecule has 0 atom stereocenters. The number of anilines is 3. The molecule has 0 bridgehead atoms. The van der Waals surface area contributed by atoms with Crippen LogP contribution in [0.4, 0.5) is 17.5 Å². The van der Waals surface area contributed by atoms with Gasteiger partial charge in [0.2, 0.25) is 5.95 Å². The maximum Gasteiger partial charge on any atom is 0.225 e. The summed E-state index contributed by atoms with van der Waals surface area (Å²) in [6.45, 7) is 6.49. The zero-order valence-electron chi connectivity index (χ0n) is 14.6. The Morgan fingerprint density at radius 2 is 1.92 bits per heavy atom. The van der Waals surface area contributed by atoms with E-state index in [-0.39, 0.29) is 6.10 Å². The van der Waals surface area contributed by atoms with Gasteiger partial charge in [0, 0.05) is 17.4 Å². The molecular weight excluding hydrogens is 316 g/mol. The normalized spacial score (nSPS) is 10.7. The van der Waals surface area contributed by atoms with Gasteiger partial charge in [0.05, 0.1) is 18.9 Å². The van der Waals surface area contributed by atoms with E-state index in [2.05, 4.69) is 20.6 Å². The first-order valence-electron chi connectivity index (χ1n) is 8.24. The van der Waals surface area contributed by atoms with Gasteiger partial charge < -0.3 is 19.8 Å². The highest BCUT2D eigenvalue weighted by molar-refractivity contribution is 5.58. The minimum absolute atomic E-state index is 0.158. The van der Waals surface area contributed by atoms with Crippen molar-refractivity contribution in [2.75, 3.05) is 10.6 Å². The van der Waals surface area contributed by atoms with Crippen LogP contribution in [0.1, 0.15) is 25.3 Å². The first kappa shape index (κ1) is 16.8. The van der Waals surface area contributed by atoms with Crippen LogP contribution >= 0.6 is 0 Å². The average Bonchev–Trinajstić information content (AvgIpc) is 3.07. The van der Waals surface area contributed by atoms with Crippen molar-refractivity contribution in [1.29, 1.82) is 0 Å². The van der Waals surface area contributed by atoms with Gasteiger partial charge in [-0.1, -0.05) is 0 Å². The molecule has 25 heavy (non-hydrogen) atoms. The molecule has 6 heteroatoms. The lowest BCUT2D eigenvalue weighted by Crippen LogP contribution is -2.06. The van der Waals surface area contributed by atoms with Gasteiger partial charge in [-0.25, -0.2) is 4.98 Å². The van der Waals surface area contributed by atoms with E-state index in [1.807, 2.05) is 63.2 Å². The number of benzene rings is 1. The van der Waals surface area contributed by atoms with Crippen LogP contribution in [-0.2, 0) is 6.54 Å². The summed E-state index contributed by atoms with van der Waals surface area (Å²) >= 11 is 0. The molecule has 3 aromatic rings. The van der Waals surface area contributed by atoms with Crippen LogP contribution in [0.25, 0.3) is 0 Å². The molecule has 0 aliphatic heterocycles. The maximum atomic E-state index is 5.65. The molecule has 2 heterocycles. The summed E-state index contributed by atoms with van der Waals surface area (Å²) in [7, 11) is 0. The average molecular weight is 338 g/mol. The second-order valence-corrected chi connectivity index (χ2v) is 5.97. The lowest BCUT2D eigenvalue weighted by atomic mass is 10.3. The SMILES string of the molecule is Cc1cc(Nc2ccc(OC(C)C)cc2)nc(NCc2ccco2)n1. The number of aromatic nitrogens is 2. The molecule has 6 nitrogen and oxygen atoms in total. The number of hydrogen-bond donors (Lipinski definition) is 2. The standard InChI is InChI=1S/C19H22N4O2/c1-13(2)25-16-8-6-15(7-9-16)22-18-11-14(3)21-19(23-18)20-12-17-5-4-10-24-17/h4-11,13H,12H2,1-3H3,(H2,20,21,22,23). The number of hydrogen-bond acceptors (Lipinski definition) is 6. The minimum atomic E-state index is 0.158. The molecule has 1 aromatic carbocycles. The van der Waals surface area contributed by atoms with Gasteiger partial charge in [0.25, 0.3) is 0 Å². The highest BCUT2D eigenvalue weighted by Crippen LogP contribution is 2.21. The third-order valence-corrected chi connectivity index (χ3v) is 3.35. The Labute approximate surface area is 147 Å². The number of aryl methyl sites for hydroxylation is 1. The minimum Gasteiger partial charge on any atom is -0.491 e. The summed E-state index contributed by atoms with van der Waals surface area (Å²) < 4.78 is 11.0. The fraction of sp³-hybridized carbons (Fsp3) is 0.263. The number of nitrogens with one attached hydrogen (secondary N) is 2. The second-order valence-electron chi connectivity index (χ2n) is 5.97. The molecule has 2 N–H and O–H groups in total. The first-order valence-corrected chi connectivity index (χ1v) is 8.24. The van der Waals surface area contributed by atoms with Gasteiger partial charge in [0.1, 0.15) is 17.3 Å². The van der Waals surface area contributed by atoms with Crippen LogP contribution in [0, 0.1) is 6.92 Å². The summed E-state index contributed by atoms with van der Waals surface area (Å²) in [5.41, 5.74) is 1.81. The molecule has 0 spiro atoms. The zero-order chi connectivity index (χ0) is 17.6. The summed E-state index contributed by atoms with van der Waals surface area (Å²) in [5, 5.41) is 6.46. The van der Waals surface area contributed by atoms with Gasteiger partial charge in [-0.05, 0) is 57.2 Å². The lowest BCUT2D eigenvalue weighted by molar-refractivity contribution is 0.242. The summed E-state index contributed by atoms with van der Waals surface area (Å²) in [5.74, 6) is 2.96. The van der Waals surface area contributed by atoms with Crippen molar-refractivity contribution in [1.82, 2.24) is 9.97 Å². The van der Waals surface area contributed by atoms with Crippen LogP contribution < -0.4 is 15.4 Å². The van der Waals surface area contributed by atoms with Gasteiger partial charge in [0.15, 0.2) is 0 Å². The number of nitrogens with zero attached hydrogens (tertiary/aromatic N) is 2. The summed E-state index contributed by atoms with van der Waals surface area (Å²) in [4.78, 5) is 8.89. The molecule has 0 amide bonds. The van der Waals surface area contributed by atoms with Gasteiger partial charge >= 0.3 is 0 Å². The first-order chi connectivity index (χ1) is 12.1. The third kappa shape index (κ3) is 4.97. The van der Waals surface area contributed by atoms with Crippen LogP contribution in [0.15, 0.2) is 53.1 Å². The molecule has 0 aliphatic rings. The molecule has 0 saturated carbocycles. The molecule has 2 aromatic heterocycles. The molecule has 0 saturated heterocycles. The maximum absolute atomic E-state index is 5.65. The fourth-order valence-corrected chi connectivity index (χ4v) is 2.33. The van der Waals surface area contributed by atoms with Crippen LogP contribution in [0.3, 0.4) is 0 Å². The molecule has 130 valence electrons. The zero-order valence-corrected chi connectivity index (χ0v) is 14.6. The Morgan fingerprint density at radius 3 is 2.60 bits per heavy atom. The summed E-state index contributed by atoms with van der Waals surface area (Å²) in [6.07, 6.45) is 1.81. The Bertz CT molecular complexity index is 799. The molecule has 3 rings (SSSR count). The number of ether oxygens (including phenoxy) is 1. The molecule has 0 unspecified atom stereocenters. The van der Waals surface area contributed by atoms with Crippen molar-refractivity contribution >= 4 is 17.5 Å². The quantitative estimate of drug-likeness (QED) is 0.660. The van der Waals surface area contributed by atoms with E-state index in [0.717, 1.165) is 28.7 Å². The predicted molar refractivity (Wildman–Crippen MR) is 98.3 cm³/mol. The van der Waals surface area contributed by atoms with E-state index in [1.165, 1.54) is 0 Å². The van der Waals surface area contributed by atoms with E-state index in [4.69, 9.17) is 9.15 Å². The van der Waals surface area contributed by atoms with E-state index < -0.39 is 0 Å². The molecule has 0 aliphatic carbocycles. The van der Waals surface area contributed by atoms with Crippen LogP contribution in [0.2, 0.25) is 0 Å². The van der Waals surface area contributed by atoms with E-state index >= 15 is 0 Å². The van der Waals surface area contributed by atoms with Crippen molar-refractivity contribution in [2.24, 2.45) is 0 Å². The van der Waals surface area contributed by atoms with Crippen LogP contribution in [-0.4, -0.2) is 16.1 Å². The van der Waals surface area contributed by atoms with Crippen molar-refractivity contribution in [2.45, 2.75) is 33.4 Å². The Kier molecular flexibility index (Phi) is 5.18. The molecule has 0 radical (unpaired) electrons. The van der Waals surface area contributed by atoms with Gasteiger partial charge in [-0.2, -0.15) is 4.98 Å². The highest BCUT2D eigenvalue weighted by Gasteiger charge is 2.05. The highest BCUT2D eigenvalue weighted by atomic mass is 16.5. The van der Waals surface area contributed by atoms with Crippen molar-refractivity contribution < 1.29 is 9.15 Å². The molecule has 0 fully saturated rings.